The zero-order valence-electron chi connectivity index (χ0n) is 15.9. The topological polar surface area (TPSA) is 71.5 Å². The maximum absolute atomic E-state index is 13.0. The van der Waals surface area contributed by atoms with Crippen LogP contribution in [-0.2, 0) is 16.0 Å². The predicted molar refractivity (Wildman–Crippen MR) is 110 cm³/mol. The van der Waals surface area contributed by atoms with Gasteiger partial charge >= 0.3 is 0 Å². The third kappa shape index (κ3) is 4.37. The molecule has 6 nitrogen and oxygen atoms in total. The molecule has 0 aliphatic carbocycles. The second-order valence-electron chi connectivity index (χ2n) is 6.96. The number of nitrogens with zero attached hydrogens (tertiary/aromatic N) is 2. The van der Waals surface area contributed by atoms with Gasteiger partial charge in [-0.15, -0.1) is 0 Å². The number of carbonyl (C=O) groups excluding carboxylic acids is 2. The number of rotatable bonds is 6. The van der Waals surface area contributed by atoms with Crippen molar-refractivity contribution in [3.05, 3.63) is 53.8 Å². The van der Waals surface area contributed by atoms with Gasteiger partial charge in [-0.05, 0) is 42.3 Å². The van der Waals surface area contributed by atoms with Gasteiger partial charge in [-0.25, -0.2) is 9.37 Å². The molecule has 1 unspecified atom stereocenters. The van der Waals surface area contributed by atoms with Crippen molar-refractivity contribution in [1.29, 1.82) is 0 Å². The monoisotopic (exact) mass is 413 g/mol. The van der Waals surface area contributed by atoms with Crippen LogP contribution in [0.2, 0.25) is 0 Å². The molecule has 0 spiro atoms. The summed E-state index contributed by atoms with van der Waals surface area (Å²) in [7, 11) is 1.60. The van der Waals surface area contributed by atoms with Crippen LogP contribution in [0, 0.1) is 11.7 Å². The zero-order chi connectivity index (χ0) is 20.4. The normalized spacial score (nSPS) is 16.4. The first-order chi connectivity index (χ1) is 14.0. The molecule has 1 atom stereocenters. The second kappa shape index (κ2) is 8.16. The highest BCUT2D eigenvalue weighted by molar-refractivity contribution is 7.22. The number of methoxy groups -OCH3 is 1. The number of aromatic nitrogens is 1. The van der Waals surface area contributed by atoms with Crippen LogP contribution in [0.3, 0.4) is 0 Å². The minimum Gasteiger partial charge on any atom is -0.497 e. The number of halogens is 1. The number of hydrogen-bond donors (Lipinski definition) is 1. The minimum absolute atomic E-state index is 0.0405. The smallest absolute Gasteiger partial charge is 0.231 e. The van der Waals surface area contributed by atoms with Gasteiger partial charge in [-0.2, -0.15) is 0 Å². The number of ether oxygens (including phenoxy) is 1. The number of nitrogens with one attached hydrogen (secondary N) is 1. The Hall–Kier alpha value is -3.00. The van der Waals surface area contributed by atoms with Crippen molar-refractivity contribution in [2.45, 2.75) is 12.8 Å². The molecule has 0 radical (unpaired) electrons. The van der Waals surface area contributed by atoms with E-state index >= 15 is 0 Å². The summed E-state index contributed by atoms with van der Waals surface area (Å²) in [5, 5.41) is 3.35. The molecular weight excluding hydrogens is 393 g/mol. The van der Waals surface area contributed by atoms with Crippen LogP contribution >= 0.6 is 11.3 Å². The van der Waals surface area contributed by atoms with Crippen molar-refractivity contribution < 1.29 is 18.7 Å². The van der Waals surface area contributed by atoms with E-state index in [4.69, 9.17) is 4.74 Å². The van der Waals surface area contributed by atoms with Gasteiger partial charge in [0, 0.05) is 19.5 Å². The highest BCUT2D eigenvalue weighted by Crippen LogP contribution is 2.30. The molecule has 2 aromatic carbocycles. The van der Waals surface area contributed by atoms with E-state index < -0.39 is 5.92 Å². The number of hydrogen-bond acceptors (Lipinski definition) is 5. The highest BCUT2D eigenvalue weighted by Gasteiger charge is 2.34. The Kier molecular flexibility index (Phi) is 5.44. The molecule has 1 aliphatic heterocycles. The number of benzene rings is 2. The summed E-state index contributed by atoms with van der Waals surface area (Å²) < 4.78 is 19.1. The molecule has 0 bridgehead atoms. The fourth-order valence-corrected chi connectivity index (χ4v) is 4.27. The number of thiazole rings is 1. The second-order valence-corrected chi connectivity index (χ2v) is 7.99. The molecule has 1 saturated heterocycles. The molecular formula is C21H20FN3O3S. The van der Waals surface area contributed by atoms with Crippen molar-refractivity contribution in [3.63, 3.8) is 0 Å². The molecule has 2 amide bonds. The van der Waals surface area contributed by atoms with E-state index in [0.717, 1.165) is 21.5 Å². The van der Waals surface area contributed by atoms with Gasteiger partial charge in [-0.1, -0.05) is 23.5 Å². The molecule has 1 fully saturated rings. The Morgan fingerprint density at radius 1 is 1.31 bits per heavy atom. The fraction of sp³-hybridized carbons (Fsp3) is 0.286. The lowest BCUT2D eigenvalue weighted by Gasteiger charge is -2.16. The maximum atomic E-state index is 13.0. The Morgan fingerprint density at radius 2 is 2.10 bits per heavy atom. The molecule has 150 valence electrons. The Labute approximate surface area is 171 Å². The molecule has 2 heterocycles. The number of fused-ring (bicyclic) bond motifs is 1. The standard InChI is InChI=1S/C21H20FN3O3S/c1-28-16-6-7-17-18(11-16)29-21(23-17)24-20(27)14-10-19(26)25(12-14)9-8-13-2-4-15(22)5-3-13/h2-7,11,14H,8-10,12H2,1H3,(H,23,24,27). The largest absolute Gasteiger partial charge is 0.497 e. The molecule has 1 aromatic heterocycles. The molecule has 1 N–H and O–H groups in total. The van der Waals surface area contributed by atoms with E-state index in [1.165, 1.54) is 23.5 Å². The summed E-state index contributed by atoms with van der Waals surface area (Å²) in [5.41, 5.74) is 1.74. The van der Waals surface area contributed by atoms with Crippen LogP contribution in [0.1, 0.15) is 12.0 Å². The predicted octanol–water partition coefficient (Wildman–Crippen LogP) is 3.47. The Morgan fingerprint density at radius 3 is 2.86 bits per heavy atom. The molecule has 4 rings (SSSR count). The van der Waals surface area contributed by atoms with Crippen LogP contribution in [0.4, 0.5) is 9.52 Å². The lowest BCUT2D eigenvalue weighted by Crippen LogP contribution is -2.30. The van der Waals surface area contributed by atoms with Gasteiger partial charge < -0.3 is 15.0 Å². The van der Waals surface area contributed by atoms with Crippen molar-refractivity contribution in [2.75, 3.05) is 25.5 Å². The van der Waals surface area contributed by atoms with Gasteiger partial charge in [0.05, 0.1) is 23.2 Å². The van der Waals surface area contributed by atoms with E-state index in [1.807, 2.05) is 18.2 Å². The quantitative estimate of drug-likeness (QED) is 0.672. The lowest BCUT2D eigenvalue weighted by molar-refractivity contribution is -0.128. The highest BCUT2D eigenvalue weighted by atomic mass is 32.1. The molecule has 0 saturated carbocycles. The number of carbonyl (C=O) groups is 2. The average Bonchev–Trinajstić information content (AvgIpc) is 3.29. The summed E-state index contributed by atoms with van der Waals surface area (Å²) in [5.74, 6) is -0.194. The first-order valence-electron chi connectivity index (χ1n) is 9.29. The third-order valence-electron chi connectivity index (χ3n) is 4.99. The number of anilines is 1. The van der Waals surface area contributed by atoms with Gasteiger partial charge in [0.2, 0.25) is 11.8 Å². The number of amides is 2. The summed E-state index contributed by atoms with van der Waals surface area (Å²) in [6, 6.07) is 11.8. The lowest BCUT2D eigenvalue weighted by atomic mass is 10.1. The summed E-state index contributed by atoms with van der Waals surface area (Å²) in [4.78, 5) is 31.0. The van der Waals surface area contributed by atoms with Crippen LogP contribution in [0.15, 0.2) is 42.5 Å². The van der Waals surface area contributed by atoms with Crippen LogP contribution in [0.5, 0.6) is 5.75 Å². The van der Waals surface area contributed by atoms with Crippen molar-refractivity contribution >= 4 is 38.5 Å². The summed E-state index contributed by atoms with van der Waals surface area (Å²) in [6.07, 6.45) is 0.814. The summed E-state index contributed by atoms with van der Waals surface area (Å²) in [6.45, 7) is 0.889. The van der Waals surface area contributed by atoms with Crippen molar-refractivity contribution in [3.8, 4) is 5.75 Å². The van der Waals surface area contributed by atoms with Gasteiger partial charge in [-0.3, -0.25) is 9.59 Å². The van der Waals surface area contributed by atoms with E-state index in [2.05, 4.69) is 10.3 Å². The fourth-order valence-electron chi connectivity index (χ4n) is 3.37. The van der Waals surface area contributed by atoms with Gasteiger partial charge in [0.15, 0.2) is 5.13 Å². The van der Waals surface area contributed by atoms with Crippen LogP contribution < -0.4 is 10.1 Å². The van der Waals surface area contributed by atoms with E-state index in [-0.39, 0.29) is 24.1 Å². The maximum Gasteiger partial charge on any atom is 0.231 e. The first-order valence-corrected chi connectivity index (χ1v) is 10.1. The Bertz CT molecular complexity index is 1050. The van der Waals surface area contributed by atoms with Crippen LogP contribution in [-0.4, -0.2) is 41.9 Å². The summed E-state index contributed by atoms with van der Waals surface area (Å²) >= 11 is 1.37. The number of likely N-dealkylation sites (tertiary alicyclic amines) is 1. The van der Waals surface area contributed by atoms with Gasteiger partial charge in [0.25, 0.3) is 0 Å². The first kappa shape index (κ1) is 19.3. The molecule has 3 aromatic rings. The van der Waals surface area contributed by atoms with Gasteiger partial charge in [0.1, 0.15) is 11.6 Å². The van der Waals surface area contributed by atoms with Crippen LogP contribution in [0.25, 0.3) is 10.2 Å². The van der Waals surface area contributed by atoms with Crippen molar-refractivity contribution in [1.82, 2.24) is 9.88 Å². The van der Waals surface area contributed by atoms with E-state index in [1.54, 1.807) is 24.1 Å². The van der Waals surface area contributed by atoms with E-state index in [0.29, 0.717) is 24.6 Å². The third-order valence-corrected chi connectivity index (χ3v) is 5.93. The van der Waals surface area contributed by atoms with E-state index in [9.17, 15) is 14.0 Å². The Balaban J connectivity index is 1.35. The zero-order valence-corrected chi connectivity index (χ0v) is 16.7. The molecule has 8 heteroatoms. The SMILES string of the molecule is COc1ccc2nc(NC(=O)C3CC(=O)N(CCc4ccc(F)cc4)C3)sc2c1. The van der Waals surface area contributed by atoms with Crippen molar-refractivity contribution in [2.24, 2.45) is 5.92 Å². The minimum atomic E-state index is -0.405. The average molecular weight is 413 g/mol. The molecule has 1 aliphatic rings. The molecule has 29 heavy (non-hydrogen) atoms.